The maximum Gasteiger partial charge on any atom is 0.103 e. The van der Waals surface area contributed by atoms with E-state index in [1.165, 1.54) is 5.56 Å². The van der Waals surface area contributed by atoms with E-state index in [4.69, 9.17) is 22.7 Å². The van der Waals surface area contributed by atoms with Crippen molar-refractivity contribution >= 4 is 17.2 Å². The Morgan fingerprint density at radius 1 is 1.39 bits per heavy atom. The van der Waals surface area contributed by atoms with Crippen LogP contribution in [-0.4, -0.2) is 35.2 Å². The van der Waals surface area contributed by atoms with Crippen molar-refractivity contribution in [1.82, 2.24) is 4.90 Å². The highest BCUT2D eigenvalue weighted by molar-refractivity contribution is 7.80. The Kier molecular flexibility index (Phi) is 4.32. The van der Waals surface area contributed by atoms with Gasteiger partial charge in [0.1, 0.15) is 4.99 Å². The fraction of sp³-hybridized carbons (Fsp3) is 0.500. The van der Waals surface area contributed by atoms with Crippen molar-refractivity contribution in [3.63, 3.8) is 0 Å². The summed E-state index contributed by atoms with van der Waals surface area (Å²) in [6.45, 7) is 7.11. The van der Waals surface area contributed by atoms with Gasteiger partial charge in [-0.05, 0) is 25.5 Å². The van der Waals surface area contributed by atoms with E-state index in [9.17, 15) is 0 Å². The maximum absolute atomic E-state index is 5.73. The van der Waals surface area contributed by atoms with Crippen molar-refractivity contribution in [2.45, 2.75) is 32.6 Å². The number of ether oxygens (including phenoxy) is 1. The number of nitrogens with two attached hydrogens (primary N) is 1. The third-order valence-corrected chi connectivity index (χ3v) is 3.35. The first kappa shape index (κ1) is 13.5. The van der Waals surface area contributed by atoms with Crippen LogP contribution in [0, 0.1) is 0 Å². The molecule has 0 amide bonds. The summed E-state index contributed by atoms with van der Waals surface area (Å²) in [6.07, 6.45) is 0.597. The number of nitrogens with zero attached hydrogens (tertiary/aromatic N) is 1. The Balaban J connectivity index is 2.04. The number of rotatable bonds is 3. The summed E-state index contributed by atoms with van der Waals surface area (Å²) >= 11 is 5.01. The van der Waals surface area contributed by atoms with Gasteiger partial charge in [0.2, 0.25) is 0 Å². The molecule has 0 spiro atoms. The number of hydrogen-bond acceptors (Lipinski definition) is 3. The van der Waals surface area contributed by atoms with Crippen LogP contribution in [0.1, 0.15) is 25.0 Å². The van der Waals surface area contributed by atoms with Gasteiger partial charge in [0.15, 0.2) is 0 Å². The number of thiocarbonyl (C=S) groups is 1. The SMILES string of the molecule is CC1CN(Cc2cccc(C(N)=S)c2)CC(C)O1. The van der Waals surface area contributed by atoms with Crippen LogP contribution >= 0.6 is 12.2 Å². The lowest BCUT2D eigenvalue weighted by Gasteiger charge is -2.35. The minimum absolute atomic E-state index is 0.299. The second kappa shape index (κ2) is 5.78. The fourth-order valence-corrected chi connectivity index (χ4v) is 2.62. The van der Waals surface area contributed by atoms with Gasteiger partial charge >= 0.3 is 0 Å². The molecule has 1 aliphatic rings. The lowest BCUT2D eigenvalue weighted by atomic mass is 10.1. The van der Waals surface area contributed by atoms with Crippen LogP contribution < -0.4 is 5.73 Å². The summed E-state index contributed by atoms with van der Waals surface area (Å²) in [4.78, 5) is 2.87. The summed E-state index contributed by atoms with van der Waals surface area (Å²) in [5.74, 6) is 0. The van der Waals surface area contributed by atoms with E-state index in [0.717, 1.165) is 25.2 Å². The predicted octanol–water partition coefficient (Wildman–Crippen LogP) is 1.93. The molecule has 0 radical (unpaired) electrons. The molecule has 3 nitrogen and oxygen atoms in total. The second-order valence-electron chi connectivity index (χ2n) is 5.02. The molecule has 1 aromatic carbocycles. The second-order valence-corrected chi connectivity index (χ2v) is 5.46. The molecule has 1 aromatic rings. The van der Waals surface area contributed by atoms with Gasteiger partial charge in [0, 0.05) is 25.2 Å². The van der Waals surface area contributed by atoms with Crippen LogP contribution in [0.15, 0.2) is 24.3 Å². The van der Waals surface area contributed by atoms with Crippen LogP contribution in [0.3, 0.4) is 0 Å². The highest BCUT2D eigenvalue weighted by Crippen LogP contribution is 2.15. The standard InChI is InChI=1S/C14H20N2OS/c1-10-7-16(8-11(2)17-10)9-12-4-3-5-13(6-12)14(15)18/h3-6,10-11H,7-9H2,1-2H3,(H2,15,18). The maximum atomic E-state index is 5.73. The number of hydrogen-bond donors (Lipinski definition) is 1. The topological polar surface area (TPSA) is 38.5 Å². The minimum Gasteiger partial charge on any atom is -0.389 e. The molecule has 0 bridgehead atoms. The lowest BCUT2D eigenvalue weighted by molar-refractivity contribution is -0.0704. The van der Waals surface area contributed by atoms with E-state index >= 15 is 0 Å². The Morgan fingerprint density at radius 3 is 2.67 bits per heavy atom. The van der Waals surface area contributed by atoms with Crippen LogP contribution in [0.4, 0.5) is 0 Å². The molecule has 0 aliphatic carbocycles. The van der Waals surface area contributed by atoms with E-state index in [1.807, 2.05) is 12.1 Å². The molecule has 2 unspecified atom stereocenters. The van der Waals surface area contributed by atoms with Crippen LogP contribution in [-0.2, 0) is 11.3 Å². The average molecular weight is 264 g/mol. The minimum atomic E-state index is 0.299. The van der Waals surface area contributed by atoms with Crippen molar-refractivity contribution in [3.8, 4) is 0 Å². The first-order valence-corrected chi connectivity index (χ1v) is 6.72. The highest BCUT2D eigenvalue weighted by Gasteiger charge is 2.21. The van der Waals surface area contributed by atoms with Crippen molar-refractivity contribution in [2.24, 2.45) is 5.73 Å². The van der Waals surface area contributed by atoms with Crippen LogP contribution in [0.25, 0.3) is 0 Å². The Morgan fingerprint density at radius 2 is 2.06 bits per heavy atom. The molecule has 0 saturated carbocycles. The third kappa shape index (κ3) is 3.51. The van der Waals surface area contributed by atoms with Gasteiger partial charge in [0.05, 0.1) is 12.2 Å². The van der Waals surface area contributed by atoms with Gasteiger partial charge in [-0.1, -0.05) is 30.4 Å². The van der Waals surface area contributed by atoms with Crippen molar-refractivity contribution in [3.05, 3.63) is 35.4 Å². The first-order chi connectivity index (χ1) is 8.54. The Labute approximate surface area is 114 Å². The lowest BCUT2D eigenvalue weighted by Crippen LogP contribution is -2.44. The fourth-order valence-electron chi connectivity index (χ4n) is 2.49. The van der Waals surface area contributed by atoms with Crippen LogP contribution in [0.5, 0.6) is 0 Å². The Hall–Kier alpha value is -0.970. The Bertz CT molecular complexity index is 426. The highest BCUT2D eigenvalue weighted by atomic mass is 32.1. The van der Waals surface area contributed by atoms with E-state index in [1.54, 1.807) is 0 Å². The van der Waals surface area contributed by atoms with E-state index in [2.05, 4.69) is 30.9 Å². The smallest absolute Gasteiger partial charge is 0.103 e. The molecular formula is C14H20N2OS. The summed E-state index contributed by atoms with van der Waals surface area (Å²) in [7, 11) is 0. The molecule has 18 heavy (non-hydrogen) atoms. The van der Waals surface area contributed by atoms with E-state index in [0.29, 0.717) is 17.2 Å². The molecule has 1 saturated heterocycles. The van der Waals surface area contributed by atoms with Gasteiger partial charge in [-0.25, -0.2) is 0 Å². The largest absolute Gasteiger partial charge is 0.389 e. The average Bonchev–Trinajstić information content (AvgIpc) is 2.27. The molecule has 2 rings (SSSR count). The van der Waals surface area contributed by atoms with Gasteiger partial charge in [0.25, 0.3) is 0 Å². The van der Waals surface area contributed by atoms with Gasteiger partial charge in [-0.2, -0.15) is 0 Å². The molecule has 0 aromatic heterocycles. The zero-order valence-electron chi connectivity index (χ0n) is 10.9. The molecule has 1 heterocycles. The normalized spacial score (nSPS) is 25.0. The summed E-state index contributed by atoms with van der Waals surface area (Å²) in [5.41, 5.74) is 7.85. The van der Waals surface area contributed by atoms with E-state index in [-0.39, 0.29) is 0 Å². The molecular weight excluding hydrogens is 244 g/mol. The van der Waals surface area contributed by atoms with Crippen molar-refractivity contribution in [1.29, 1.82) is 0 Å². The summed E-state index contributed by atoms with van der Waals surface area (Å²) in [6, 6.07) is 8.16. The third-order valence-electron chi connectivity index (χ3n) is 3.11. The predicted molar refractivity (Wildman–Crippen MR) is 77.6 cm³/mol. The summed E-state index contributed by atoms with van der Waals surface area (Å²) < 4.78 is 5.73. The van der Waals surface area contributed by atoms with E-state index < -0.39 is 0 Å². The quantitative estimate of drug-likeness (QED) is 0.847. The van der Waals surface area contributed by atoms with Gasteiger partial charge in [-0.3, -0.25) is 4.90 Å². The van der Waals surface area contributed by atoms with Crippen molar-refractivity contribution < 1.29 is 4.74 Å². The van der Waals surface area contributed by atoms with Crippen molar-refractivity contribution in [2.75, 3.05) is 13.1 Å². The summed E-state index contributed by atoms with van der Waals surface area (Å²) in [5, 5.41) is 0. The van der Waals surface area contributed by atoms with Crippen LogP contribution in [0.2, 0.25) is 0 Å². The molecule has 98 valence electrons. The zero-order chi connectivity index (χ0) is 13.1. The molecule has 4 heteroatoms. The molecule has 2 atom stereocenters. The molecule has 2 N–H and O–H groups in total. The molecule has 1 aliphatic heterocycles. The van der Waals surface area contributed by atoms with Gasteiger partial charge in [-0.15, -0.1) is 0 Å². The first-order valence-electron chi connectivity index (χ1n) is 6.31. The van der Waals surface area contributed by atoms with Gasteiger partial charge < -0.3 is 10.5 Å². The number of morpholine rings is 1. The zero-order valence-corrected chi connectivity index (χ0v) is 11.7. The number of benzene rings is 1. The monoisotopic (exact) mass is 264 g/mol. The molecule has 1 fully saturated rings.